The number of ether oxygens (including phenoxy) is 3. The fourth-order valence-electron chi connectivity index (χ4n) is 3.17. The Morgan fingerprint density at radius 1 is 1.15 bits per heavy atom. The van der Waals surface area contributed by atoms with Crippen LogP contribution in [0.3, 0.4) is 0 Å². The Balaban J connectivity index is 1.83. The van der Waals surface area contributed by atoms with E-state index in [-0.39, 0.29) is 24.7 Å². The second-order valence-corrected chi connectivity index (χ2v) is 9.73. The van der Waals surface area contributed by atoms with Crippen LogP contribution in [-0.4, -0.2) is 72.3 Å². The molecule has 0 unspecified atom stereocenters. The van der Waals surface area contributed by atoms with Crippen molar-refractivity contribution in [2.45, 2.75) is 57.9 Å². The van der Waals surface area contributed by atoms with Gasteiger partial charge in [0.05, 0.1) is 24.6 Å². The quantitative estimate of drug-likeness (QED) is 0.361. The van der Waals surface area contributed by atoms with Gasteiger partial charge in [-0.1, -0.05) is 0 Å². The van der Waals surface area contributed by atoms with E-state index >= 15 is 0 Å². The fourth-order valence-corrected chi connectivity index (χ4v) is 3.99. The van der Waals surface area contributed by atoms with Crippen LogP contribution in [0.5, 0.6) is 0 Å². The number of hydrogen-bond donors (Lipinski definition) is 1. The standard InChI is InChI=1S/C21H32N2O9S/c1-14-16(32-19(26)31-14)13-30-20(27)33-21(3,4)17(22-15(2)24)18(25)29-10-6-5-7-23-8-11-28-12-9-23/h17H,5-13H2,1-4H3,(H,22,24)/t17-/m0/s1. The van der Waals surface area contributed by atoms with E-state index in [4.69, 9.17) is 23.0 Å². The maximum atomic E-state index is 12.7. The number of nitrogens with one attached hydrogen (secondary N) is 1. The molecule has 33 heavy (non-hydrogen) atoms. The highest BCUT2D eigenvalue weighted by Gasteiger charge is 2.40. The summed E-state index contributed by atoms with van der Waals surface area (Å²) in [6.07, 6.45) is 1.55. The van der Waals surface area contributed by atoms with Gasteiger partial charge >= 0.3 is 17.1 Å². The molecular weight excluding hydrogens is 456 g/mol. The third-order valence-corrected chi connectivity index (χ3v) is 6.04. The van der Waals surface area contributed by atoms with Crippen molar-refractivity contribution in [2.75, 3.05) is 39.5 Å². The predicted molar refractivity (Wildman–Crippen MR) is 119 cm³/mol. The number of carbonyl (C=O) groups is 3. The molecule has 12 heteroatoms. The summed E-state index contributed by atoms with van der Waals surface area (Å²) in [5.74, 6) is -1.63. The van der Waals surface area contributed by atoms with Gasteiger partial charge in [-0.3, -0.25) is 9.69 Å². The summed E-state index contributed by atoms with van der Waals surface area (Å²) in [6.45, 7) is 10.1. The molecule has 1 aliphatic rings. The Kier molecular flexibility index (Phi) is 10.5. The third-order valence-electron chi connectivity index (χ3n) is 5.00. The highest BCUT2D eigenvalue weighted by Crippen LogP contribution is 2.31. The maximum Gasteiger partial charge on any atom is 0.519 e. The predicted octanol–water partition coefficient (Wildman–Crippen LogP) is 1.85. The lowest BCUT2D eigenvalue weighted by molar-refractivity contribution is -0.148. The molecule has 2 rings (SSSR count). The number of morpholine rings is 1. The molecule has 0 spiro atoms. The smallest absolute Gasteiger partial charge is 0.464 e. The van der Waals surface area contributed by atoms with Crippen molar-refractivity contribution >= 4 is 28.9 Å². The Morgan fingerprint density at radius 3 is 2.45 bits per heavy atom. The van der Waals surface area contributed by atoms with E-state index in [1.54, 1.807) is 13.8 Å². The zero-order chi connectivity index (χ0) is 24.4. The average molecular weight is 489 g/mol. The Labute approximate surface area is 196 Å². The van der Waals surface area contributed by atoms with E-state index in [2.05, 4.69) is 10.2 Å². The number of esters is 1. The summed E-state index contributed by atoms with van der Waals surface area (Å²) in [7, 11) is 0. The van der Waals surface area contributed by atoms with Crippen LogP contribution < -0.4 is 11.1 Å². The van der Waals surface area contributed by atoms with Crippen molar-refractivity contribution < 1.29 is 37.4 Å². The minimum absolute atomic E-state index is 0.0988. The van der Waals surface area contributed by atoms with Gasteiger partial charge in [-0.25, -0.2) is 14.4 Å². The number of thioether (sulfide) groups is 1. The van der Waals surface area contributed by atoms with Crippen LogP contribution in [0.2, 0.25) is 0 Å². The van der Waals surface area contributed by atoms with E-state index in [0.717, 1.165) is 51.0 Å². The van der Waals surface area contributed by atoms with Gasteiger partial charge in [-0.15, -0.1) is 0 Å². The van der Waals surface area contributed by atoms with Crippen LogP contribution in [0.25, 0.3) is 0 Å². The zero-order valence-electron chi connectivity index (χ0n) is 19.5. The van der Waals surface area contributed by atoms with E-state index < -0.39 is 33.8 Å². The molecule has 0 aromatic carbocycles. The molecule has 0 saturated carbocycles. The monoisotopic (exact) mass is 488 g/mol. The summed E-state index contributed by atoms with van der Waals surface area (Å²) in [5.41, 5.74) is 0. The molecular formula is C21H32N2O9S. The molecule has 1 aromatic rings. The Hall–Kier alpha value is -2.31. The molecule has 1 N–H and O–H groups in total. The van der Waals surface area contributed by atoms with Crippen LogP contribution in [0.4, 0.5) is 4.79 Å². The van der Waals surface area contributed by atoms with Gasteiger partial charge in [-0.2, -0.15) is 0 Å². The Morgan fingerprint density at radius 2 is 1.85 bits per heavy atom. The van der Waals surface area contributed by atoms with E-state index in [0.29, 0.717) is 6.42 Å². The van der Waals surface area contributed by atoms with Gasteiger partial charge in [0.1, 0.15) is 6.04 Å². The molecule has 1 aromatic heterocycles. The van der Waals surface area contributed by atoms with E-state index in [1.807, 2.05) is 0 Å². The van der Waals surface area contributed by atoms with Gasteiger partial charge < -0.3 is 28.4 Å². The van der Waals surface area contributed by atoms with Gasteiger partial charge in [0, 0.05) is 20.0 Å². The molecule has 1 atom stereocenters. The van der Waals surface area contributed by atoms with Crippen molar-refractivity contribution in [1.29, 1.82) is 0 Å². The fraction of sp³-hybridized carbons (Fsp3) is 0.714. The molecule has 186 valence electrons. The topological polar surface area (TPSA) is 138 Å². The minimum atomic E-state index is -1.07. The lowest BCUT2D eigenvalue weighted by atomic mass is 10.0. The van der Waals surface area contributed by atoms with Crippen molar-refractivity contribution in [2.24, 2.45) is 0 Å². The Bertz CT molecular complexity index is 858. The second kappa shape index (κ2) is 12.8. The largest absolute Gasteiger partial charge is 0.519 e. The normalized spacial score (nSPS) is 15.6. The van der Waals surface area contributed by atoms with Gasteiger partial charge in [0.25, 0.3) is 0 Å². The molecule has 1 amide bonds. The van der Waals surface area contributed by atoms with Crippen LogP contribution >= 0.6 is 11.8 Å². The minimum Gasteiger partial charge on any atom is -0.464 e. The summed E-state index contributed by atoms with van der Waals surface area (Å²) < 4.78 is 24.3. The number of amides is 1. The van der Waals surface area contributed by atoms with Crippen LogP contribution in [0.15, 0.2) is 13.6 Å². The lowest BCUT2D eigenvalue weighted by Gasteiger charge is -2.31. The lowest BCUT2D eigenvalue weighted by Crippen LogP contribution is -2.53. The molecule has 0 bridgehead atoms. The first-order valence-electron chi connectivity index (χ1n) is 10.8. The number of aryl methyl sites for hydroxylation is 1. The number of hydrogen-bond acceptors (Lipinski definition) is 11. The number of rotatable bonds is 11. The number of unbranched alkanes of at least 4 members (excludes halogenated alkanes) is 1. The van der Waals surface area contributed by atoms with Crippen molar-refractivity contribution in [3.05, 3.63) is 22.1 Å². The number of nitrogens with zero attached hydrogens (tertiary/aromatic N) is 1. The van der Waals surface area contributed by atoms with Gasteiger partial charge in [-0.05, 0) is 51.9 Å². The van der Waals surface area contributed by atoms with Crippen molar-refractivity contribution in [3.63, 3.8) is 0 Å². The third kappa shape index (κ3) is 9.22. The zero-order valence-corrected chi connectivity index (χ0v) is 20.3. The first-order chi connectivity index (χ1) is 15.6. The summed E-state index contributed by atoms with van der Waals surface area (Å²) in [4.78, 5) is 50.1. The molecule has 2 heterocycles. The summed E-state index contributed by atoms with van der Waals surface area (Å²) in [6, 6.07) is -1.07. The summed E-state index contributed by atoms with van der Waals surface area (Å²) >= 11 is 0.729. The first-order valence-corrected chi connectivity index (χ1v) is 11.6. The second-order valence-electron chi connectivity index (χ2n) is 8.14. The summed E-state index contributed by atoms with van der Waals surface area (Å²) in [5, 5.41) is 1.85. The molecule has 1 saturated heterocycles. The maximum absolute atomic E-state index is 12.7. The molecule has 1 fully saturated rings. The van der Waals surface area contributed by atoms with Crippen molar-refractivity contribution in [1.82, 2.24) is 10.2 Å². The highest BCUT2D eigenvalue weighted by atomic mass is 32.2. The number of carbonyl (C=O) groups excluding carboxylic acids is 3. The van der Waals surface area contributed by atoms with Gasteiger partial charge in [0.2, 0.25) is 5.91 Å². The SMILES string of the molecule is CC(=O)N[C@@H](C(=O)OCCCCN1CCOCC1)C(C)(C)SC(=O)OCc1oc(=O)oc1C. The van der Waals surface area contributed by atoms with E-state index in [9.17, 15) is 19.2 Å². The van der Waals surface area contributed by atoms with E-state index in [1.165, 1.54) is 13.8 Å². The molecule has 11 nitrogen and oxygen atoms in total. The van der Waals surface area contributed by atoms with Crippen LogP contribution in [-0.2, 0) is 30.4 Å². The van der Waals surface area contributed by atoms with Gasteiger partial charge in [0.15, 0.2) is 18.1 Å². The first kappa shape index (κ1) is 26.9. The van der Waals surface area contributed by atoms with Crippen LogP contribution in [0, 0.1) is 6.92 Å². The average Bonchev–Trinajstić information content (AvgIpc) is 3.07. The van der Waals surface area contributed by atoms with Crippen LogP contribution in [0.1, 0.15) is 45.1 Å². The molecule has 1 aliphatic heterocycles. The molecule has 0 aliphatic carbocycles. The molecule has 0 radical (unpaired) electrons. The van der Waals surface area contributed by atoms with Crippen molar-refractivity contribution in [3.8, 4) is 0 Å². The highest BCUT2D eigenvalue weighted by molar-refractivity contribution is 8.14.